The molecule has 0 unspecified atom stereocenters. The molecule has 0 radical (unpaired) electrons. The zero-order valence-corrected chi connectivity index (χ0v) is 24.8. The third kappa shape index (κ3) is 6.42. The van der Waals surface area contributed by atoms with Gasteiger partial charge in [0.1, 0.15) is 6.61 Å². The monoisotopic (exact) mass is 608 g/mol. The fraction of sp³-hybridized carbons (Fsp3) is 0.548. The number of nitrogen functional groups attached to an aromatic ring is 1. The van der Waals surface area contributed by atoms with E-state index < -0.39 is 12.5 Å². The minimum atomic E-state index is -2.64. The number of likely N-dealkylation sites (tertiary alicyclic amines) is 1. The van der Waals surface area contributed by atoms with Crippen molar-refractivity contribution in [2.45, 2.75) is 63.5 Å². The number of anilines is 2. The molecule has 1 aliphatic carbocycles. The van der Waals surface area contributed by atoms with Crippen molar-refractivity contribution in [3.8, 4) is 11.8 Å². The Labute approximate surface area is 254 Å². The zero-order chi connectivity index (χ0) is 30.8. The van der Waals surface area contributed by atoms with Crippen molar-refractivity contribution in [2.24, 2.45) is 13.0 Å². The second kappa shape index (κ2) is 12.9. The fourth-order valence-corrected chi connectivity index (χ4v) is 6.67. The molecule has 3 amide bonds. The van der Waals surface area contributed by atoms with E-state index in [1.807, 2.05) is 25.2 Å². The molecule has 1 saturated carbocycles. The summed E-state index contributed by atoms with van der Waals surface area (Å²) in [6.07, 6.45) is 5.19. The summed E-state index contributed by atoms with van der Waals surface area (Å²) in [4.78, 5) is 28.0. The summed E-state index contributed by atoms with van der Waals surface area (Å²) in [5.74, 6) is 7.20. The van der Waals surface area contributed by atoms with Crippen LogP contribution in [-0.2, 0) is 16.6 Å². The van der Waals surface area contributed by atoms with Crippen molar-refractivity contribution in [3.63, 3.8) is 0 Å². The molecule has 44 heavy (non-hydrogen) atoms. The van der Waals surface area contributed by atoms with Gasteiger partial charge < -0.3 is 15.4 Å². The number of benzene rings is 1. The number of alkyl halides is 2. The molecular formula is C31H38F2N8O3. The van der Waals surface area contributed by atoms with Crippen molar-refractivity contribution in [1.82, 2.24) is 29.8 Å². The van der Waals surface area contributed by atoms with Gasteiger partial charge in [-0.1, -0.05) is 17.9 Å². The maximum Gasteiger partial charge on any atom is 0.329 e. The van der Waals surface area contributed by atoms with E-state index in [2.05, 4.69) is 32.3 Å². The number of fused-ring (bicyclic) bond motifs is 1. The quantitative estimate of drug-likeness (QED) is 0.389. The summed E-state index contributed by atoms with van der Waals surface area (Å²) >= 11 is 0. The van der Waals surface area contributed by atoms with Crippen LogP contribution in [0.25, 0.3) is 10.9 Å². The number of hydrogen-bond donors (Lipinski definition) is 2. The number of carbonyl (C=O) groups is 2. The van der Waals surface area contributed by atoms with E-state index in [4.69, 9.17) is 10.5 Å². The Hall–Kier alpha value is -4.02. The highest BCUT2D eigenvalue weighted by Crippen LogP contribution is 2.35. The van der Waals surface area contributed by atoms with Crippen LogP contribution in [0.4, 0.5) is 25.1 Å². The highest BCUT2D eigenvalue weighted by Gasteiger charge is 2.29. The Morgan fingerprint density at radius 3 is 2.57 bits per heavy atom. The first-order valence-electron chi connectivity index (χ1n) is 15.3. The predicted molar refractivity (Wildman–Crippen MR) is 161 cm³/mol. The minimum Gasteiger partial charge on any atom is -0.396 e. The molecule has 3 N–H and O–H groups in total. The lowest BCUT2D eigenvalue weighted by atomic mass is 9.85. The van der Waals surface area contributed by atoms with Gasteiger partial charge in [0, 0.05) is 51.2 Å². The van der Waals surface area contributed by atoms with Crippen LogP contribution < -0.4 is 16.0 Å². The Balaban J connectivity index is 0.959. The van der Waals surface area contributed by atoms with Gasteiger partial charge in [0.15, 0.2) is 11.5 Å². The number of nitrogens with two attached hydrogens (primary N) is 1. The van der Waals surface area contributed by atoms with Gasteiger partial charge in [-0.2, -0.15) is 10.2 Å². The van der Waals surface area contributed by atoms with Gasteiger partial charge in [0.2, 0.25) is 5.91 Å². The predicted octanol–water partition coefficient (Wildman–Crippen LogP) is 4.00. The first-order valence-corrected chi connectivity index (χ1v) is 15.3. The van der Waals surface area contributed by atoms with Gasteiger partial charge in [-0.25, -0.2) is 13.6 Å². The Morgan fingerprint density at radius 1 is 1.09 bits per heavy atom. The number of rotatable bonds is 7. The molecule has 6 rings (SSSR count). The van der Waals surface area contributed by atoms with Gasteiger partial charge in [-0.15, -0.1) is 0 Å². The lowest BCUT2D eigenvalue weighted by Gasteiger charge is -2.36. The molecule has 0 atom stereocenters. The van der Waals surface area contributed by atoms with Crippen LogP contribution in [0.3, 0.4) is 0 Å². The van der Waals surface area contributed by atoms with Crippen LogP contribution in [-0.4, -0.2) is 75.3 Å². The molecular weight excluding hydrogens is 570 g/mol. The number of aromatic nitrogens is 4. The largest absolute Gasteiger partial charge is 0.396 e. The normalized spacial score (nSPS) is 22.0. The number of carbonyl (C=O) groups excluding carboxylic acids is 2. The fourth-order valence-electron chi connectivity index (χ4n) is 6.67. The smallest absolute Gasteiger partial charge is 0.329 e. The highest BCUT2D eigenvalue weighted by atomic mass is 19.3. The third-order valence-corrected chi connectivity index (χ3v) is 9.01. The number of aryl methyl sites for hydroxylation is 1. The second-order valence-corrected chi connectivity index (χ2v) is 11.9. The standard InChI is InChI=1S/C31H38F2N8O3/c1-38-28-21(4-2-6-24(28)30(37-38)40-16-13-26(42)35-31(40)43)5-3-17-44-23-11-14-39(15-12-23)18-20-7-9-22(10-8-20)41-19-25(34)27(36-41)29(32)33/h2,4,6,19-20,22-23,29H,7-18,34H2,1H3,(H,35,42,43). The maximum atomic E-state index is 13.1. The SMILES string of the molecule is Cn1nc(N2CCC(=O)NC2=O)c2cccc(C#CCOC3CCN(CC4CCC(n5cc(N)c(C(F)F)n5)CC4)CC3)c21. The van der Waals surface area contributed by atoms with E-state index in [-0.39, 0.29) is 42.4 Å². The number of ether oxygens (including phenoxy) is 1. The van der Waals surface area contributed by atoms with Crippen LogP contribution in [0, 0.1) is 17.8 Å². The Kier molecular flexibility index (Phi) is 8.81. The zero-order valence-electron chi connectivity index (χ0n) is 24.8. The van der Waals surface area contributed by atoms with Gasteiger partial charge in [-0.05, 0) is 56.6 Å². The summed E-state index contributed by atoms with van der Waals surface area (Å²) in [5.41, 5.74) is 7.11. The first kappa shape index (κ1) is 30.0. The molecule has 11 nitrogen and oxygen atoms in total. The van der Waals surface area contributed by atoms with Crippen molar-refractivity contribution >= 4 is 34.3 Å². The third-order valence-electron chi connectivity index (χ3n) is 9.01. The molecule has 1 aromatic carbocycles. The van der Waals surface area contributed by atoms with E-state index in [9.17, 15) is 18.4 Å². The molecule has 3 aromatic rings. The first-order chi connectivity index (χ1) is 21.3. The van der Waals surface area contributed by atoms with Gasteiger partial charge in [0.05, 0.1) is 28.9 Å². The summed E-state index contributed by atoms with van der Waals surface area (Å²) < 4.78 is 35.6. The minimum absolute atomic E-state index is 0.0722. The number of piperidine rings is 1. The van der Waals surface area contributed by atoms with Crippen LogP contribution in [0.5, 0.6) is 0 Å². The van der Waals surface area contributed by atoms with Gasteiger partial charge in [0.25, 0.3) is 6.43 Å². The van der Waals surface area contributed by atoms with Crippen LogP contribution in [0.2, 0.25) is 0 Å². The number of para-hydroxylation sites is 1. The number of imide groups is 1. The molecule has 0 bridgehead atoms. The van der Waals surface area contributed by atoms with Gasteiger partial charge >= 0.3 is 6.03 Å². The average molecular weight is 609 g/mol. The molecule has 234 valence electrons. The molecule has 2 saturated heterocycles. The number of hydrogen-bond acceptors (Lipinski definition) is 7. The molecule has 13 heteroatoms. The summed E-state index contributed by atoms with van der Waals surface area (Å²) in [5, 5.41) is 11.8. The van der Waals surface area contributed by atoms with E-state index in [1.54, 1.807) is 15.6 Å². The Morgan fingerprint density at radius 2 is 1.86 bits per heavy atom. The molecule has 4 heterocycles. The van der Waals surface area contributed by atoms with E-state index >= 15 is 0 Å². The van der Waals surface area contributed by atoms with Crippen molar-refractivity contribution in [1.29, 1.82) is 0 Å². The van der Waals surface area contributed by atoms with Crippen molar-refractivity contribution in [3.05, 3.63) is 35.7 Å². The van der Waals surface area contributed by atoms with Crippen LogP contribution in [0.15, 0.2) is 24.4 Å². The lowest BCUT2D eigenvalue weighted by Crippen LogP contribution is -2.49. The Bertz CT molecular complexity index is 1580. The topological polar surface area (TPSA) is 124 Å². The number of nitrogens with one attached hydrogen (secondary N) is 1. The van der Waals surface area contributed by atoms with Crippen molar-refractivity contribution in [2.75, 3.05) is 43.4 Å². The van der Waals surface area contributed by atoms with Crippen molar-refractivity contribution < 1.29 is 23.1 Å². The van der Waals surface area contributed by atoms with Crippen LogP contribution in [0.1, 0.15) is 68.7 Å². The number of amides is 3. The summed E-state index contributed by atoms with van der Waals surface area (Å²) in [6, 6.07) is 5.40. The number of halogens is 2. The number of nitrogens with zero attached hydrogens (tertiary/aromatic N) is 6. The van der Waals surface area contributed by atoms with E-state index in [0.717, 1.165) is 74.6 Å². The van der Waals surface area contributed by atoms with Gasteiger partial charge in [-0.3, -0.25) is 24.4 Å². The summed E-state index contributed by atoms with van der Waals surface area (Å²) in [7, 11) is 1.82. The molecule has 0 spiro atoms. The van der Waals surface area contributed by atoms with E-state index in [0.29, 0.717) is 18.3 Å². The van der Waals surface area contributed by atoms with E-state index in [1.165, 1.54) is 4.90 Å². The number of urea groups is 1. The molecule has 3 aliphatic rings. The summed E-state index contributed by atoms with van der Waals surface area (Å²) in [6.45, 7) is 3.64. The molecule has 2 aromatic heterocycles. The lowest BCUT2D eigenvalue weighted by molar-refractivity contribution is -0.120. The van der Waals surface area contributed by atoms with Crippen LogP contribution >= 0.6 is 0 Å². The second-order valence-electron chi connectivity index (χ2n) is 11.9. The average Bonchev–Trinajstić information content (AvgIpc) is 3.57. The molecule has 3 fully saturated rings. The highest BCUT2D eigenvalue weighted by molar-refractivity contribution is 6.09. The maximum absolute atomic E-state index is 13.1. The molecule has 2 aliphatic heterocycles.